The monoisotopic (exact) mass is 238 g/mol. The smallest absolute Gasteiger partial charge is 0.246 e. The molecule has 0 aromatic carbocycles. The molecule has 2 rings (SSSR count). The molecule has 0 radical (unpaired) electrons. The molecule has 2 heterocycles. The summed E-state index contributed by atoms with van der Waals surface area (Å²) >= 11 is 0. The van der Waals surface area contributed by atoms with Gasteiger partial charge in [0.1, 0.15) is 5.54 Å². The second-order valence-electron chi connectivity index (χ2n) is 4.22. The molecule has 6 nitrogen and oxygen atoms in total. The molecular weight excluding hydrogens is 220 g/mol. The highest BCUT2D eigenvalue weighted by Crippen LogP contribution is 2.27. The molecule has 0 aliphatic carbocycles. The number of ether oxygens (including phenoxy) is 1. The van der Waals surface area contributed by atoms with E-state index < -0.39 is 5.54 Å². The Morgan fingerprint density at radius 1 is 1.59 bits per heavy atom. The van der Waals surface area contributed by atoms with Crippen molar-refractivity contribution in [3.05, 3.63) is 18.2 Å². The van der Waals surface area contributed by atoms with Gasteiger partial charge in [-0.1, -0.05) is 0 Å². The minimum atomic E-state index is -0.713. The summed E-state index contributed by atoms with van der Waals surface area (Å²) in [4.78, 5) is 21.3. The van der Waals surface area contributed by atoms with E-state index >= 15 is 0 Å². The Hall–Kier alpha value is -1.40. The molecule has 1 amide bonds. The summed E-state index contributed by atoms with van der Waals surface area (Å²) in [6, 6.07) is 0. The lowest BCUT2D eigenvalue weighted by atomic mass is 9.94. The number of nitrogens with one attached hydrogen (secondary N) is 2. The summed E-state index contributed by atoms with van der Waals surface area (Å²) < 4.78 is 5.33. The maximum absolute atomic E-state index is 12.2. The quantitative estimate of drug-likeness (QED) is 0.758. The van der Waals surface area contributed by atoms with Gasteiger partial charge in [-0.05, 0) is 6.92 Å². The SMILES string of the molecule is CNC(=O)C(C)(c1cnc[nH]1)N1CCOCC1. The number of aromatic amines is 1. The van der Waals surface area contributed by atoms with Crippen LogP contribution in [0.2, 0.25) is 0 Å². The molecule has 0 bridgehead atoms. The Bertz CT molecular complexity index is 373. The number of rotatable bonds is 3. The van der Waals surface area contributed by atoms with Gasteiger partial charge in [0.05, 0.1) is 31.4 Å². The minimum absolute atomic E-state index is 0.0383. The first-order valence-electron chi connectivity index (χ1n) is 5.73. The van der Waals surface area contributed by atoms with Crippen molar-refractivity contribution in [3.8, 4) is 0 Å². The van der Waals surface area contributed by atoms with Crippen molar-refractivity contribution in [2.24, 2.45) is 0 Å². The molecule has 6 heteroatoms. The zero-order valence-electron chi connectivity index (χ0n) is 10.2. The summed E-state index contributed by atoms with van der Waals surface area (Å²) in [6.07, 6.45) is 3.29. The van der Waals surface area contributed by atoms with Gasteiger partial charge < -0.3 is 15.0 Å². The average Bonchev–Trinajstić information content (AvgIpc) is 2.92. The Labute approximate surface area is 100 Å². The summed E-state index contributed by atoms with van der Waals surface area (Å²) in [6.45, 7) is 4.69. The molecule has 94 valence electrons. The first-order chi connectivity index (χ1) is 8.19. The number of hydrogen-bond donors (Lipinski definition) is 2. The predicted octanol–water partition coefficient (Wildman–Crippen LogP) is -0.297. The number of imidazole rings is 1. The topological polar surface area (TPSA) is 70.2 Å². The third kappa shape index (κ3) is 2.05. The zero-order chi connectivity index (χ0) is 12.3. The van der Waals surface area contributed by atoms with Crippen LogP contribution >= 0.6 is 0 Å². The second-order valence-corrected chi connectivity index (χ2v) is 4.22. The van der Waals surface area contributed by atoms with Gasteiger partial charge in [-0.25, -0.2) is 4.98 Å². The number of amides is 1. The van der Waals surface area contributed by atoms with Crippen molar-refractivity contribution >= 4 is 5.91 Å². The van der Waals surface area contributed by atoms with Crippen molar-refractivity contribution in [1.82, 2.24) is 20.2 Å². The van der Waals surface area contributed by atoms with Gasteiger partial charge in [0.2, 0.25) is 5.91 Å². The van der Waals surface area contributed by atoms with Gasteiger partial charge in [-0.2, -0.15) is 0 Å². The van der Waals surface area contributed by atoms with Crippen molar-refractivity contribution in [1.29, 1.82) is 0 Å². The van der Waals surface area contributed by atoms with E-state index in [4.69, 9.17) is 4.74 Å². The molecule has 1 unspecified atom stereocenters. The maximum atomic E-state index is 12.2. The number of hydrogen-bond acceptors (Lipinski definition) is 4. The normalized spacial score (nSPS) is 20.8. The highest BCUT2D eigenvalue weighted by Gasteiger charge is 2.42. The van der Waals surface area contributed by atoms with Gasteiger partial charge in [-0.3, -0.25) is 9.69 Å². The number of nitrogens with zero attached hydrogens (tertiary/aromatic N) is 2. The fourth-order valence-electron chi connectivity index (χ4n) is 2.21. The molecule has 17 heavy (non-hydrogen) atoms. The van der Waals surface area contributed by atoms with Crippen molar-refractivity contribution in [2.45, 2.75) is 12.5 Å². The van der Waals surface area contributed by atoms with E-state index in [1.165, 1.54) is 0 Å². The Morgan fingerprint density at radius 3 is 2.82 bits per heavy atom. The van der Waals surface area contributed by atoms with Gasteiger partial charge in [0.15, 0.2) is 0 Å². The molecule has 1 aliphatic heterocycles. The largest absolute Gasteiger partial charge is 0.379 e. The Balaban J connectivity index is 2.32. The van der Waals surface area contributed by atoms with Crippen LogP contribution in [-0.2, 0) is 15.1 Å². The van der Waals surface area contributed by atoms with Crippen LogP contribution in [0.25, 0.3) is 0 Å². The van der Waals surface area contributed by atoms with E-state index in [1.807, 2.05) is 6.92 Å². The van der Waals surface area contributed by atoms with E-state index in [0.717, 1.165) is 18.8 Å². The van der Waals surface area contributed by atoms with Crippen LogP contribution in [0, 0.1) is 0 Å². The zero-order valence-corrected chi connectivity index (χ0v) is 10.2. The summed E-state index contributed by atoms with van der Waals surface area (Å²) in [5.41, 5.74) is 0.0911. The van der Waals surface area contributed by atoms with Crippen LogP contribution in [0.4, 0.5) is 0 Å². The van der Waals surface area contributed by atoms with Gasteiger partial charge in [0.25, 0.3) is 0 Å². The van der Waals surface area contributed by atoms with Crippen LogP contribution < -0.4 is 5.32 Å². The molecule has 1 fully saturated rings. The fourth-order valence-corrected chi connectivity index (χ4v) is 2.21. The lowest BCUT2D eigenvalue weighted by Gasteiger charge is -2.40. The lowest BCUT2D eigenvalue weighted by molar-refractivity contribution is -0.136. The molecule has 1 atom stereocenters. The van der Waals surface area contributed by atoms with Crippen LogP contribution in [0.15, 0.2) is 12.5 Å². The molecule has 1 saturated heterocycles. The van der Waals surface area contributed by atoms with Crippen molar-refractivity contribution in [3.63, 3.8) is 0 Å². The minimum Gasteiger partial charge on any atom is -0.379 e. The van der Waals surface area contributed by atoms with E-state index in [1.54, 1.807) is 19.6 Å². The average molecular weight is 238 g/mol. The highest BCUT2D eigenvalue weighted by atomic mass is 16.5. The van der Waals surface area contributed by atoms with Crippen LogP contribution in [0.3, 0.4) is 0 Å². The number of morpholine rings is 1. The van der Waals surface area contributed by atoms with Gasteiger partial charge in [-0.15, -0.1) is 0 Å². The van der Waals surface area contributed by atoms with Crippen molar-refractivity contribution < 1.29 is 9.53 Å². The second kappa shape index (κ2) is 4.85. The summed E-state index contributed by atoms with van der Waals surface area (Å²) in [7, 11) is 1.65. The highest BCUT2D eigenvalue weighted by molar-refractivity contribution is 5.86. The van der Waals surface area contributed by atoms with Gasteiger partial charge >= 0.3 is 0 Å². The van der Waals surface area contributed by atoms with E-state index in [-0.39, 0.29) is 5.91 Å². The molecule has 0 spiro atoms. The van der Waals surface area contributed by atoms with Crippen LogP contribution in [-0.4, -0.2) is 54.1 Å². The van der Waals surface area contributed by atoms with E-state index in [9.17, 15) is 4.79 Å². The molecule has 1 aromatic rings. The van der Waals surface area contributed by atoms with Crippen molar-refractivity contribution in [2.75, 3.05) is 33.4 Å². The van der Waals surface area contributed by atoms with E-state index in [0.29, 0.717) is 13.2 Å². The fraction of sp³-hybridized carbons (Fsp3) is 0.636. The van der Waals surface area contributed by atoms with Crippen LogP contribution in [0.5, 0.6) is 0 Å². The number of carbonyl (C=O) groups excluding carboxylic acids is 1. The first kappa shape index (κ1) is 12.1. The molecule has 0 saturated carbocycles. The molecule has 1 aliphatic rings. The molecular formula is C11H18N4O2. The predicted molar refractivity (Wildman–Crippen MR) is 62.4 cm³/mol. The number of H-pyrrole nitrogens is 1. The Kier molecular flexibility index (Phi) is 3.44. The number of carbonyl (C=O) groups is 1. The standard InChI is InChI=1S/C11H18N4O2/c1-11(10(16)12-2,9-7-13-8-14-9)15-3-5-17-6-4-15/h7-8H,3-6H2,1-2H3,(H,12,16)(H,13,14). The third-order valence-corrected chi connectivity index (χ3v) is 3.34. The maximum Gasteiger partial charge on any atom is 0.246 e. The lowest BCUT2D eigenvalue weighted by Crippen LogP contribution is -2.57. The number of aromatic nitrogens is 2. The Morgan fingerprint density at radius 2 is 2.29 bits per heavy atom. The van der Waals surface area contributed by atoms with E-state index in [2.05, 4.69) is 20.2 Å². The number of likely N-dealkylation sites (N-methyl/N-ethyl adjacent to an activating group) is 1. The first-order valence-corrected chi connectivity index (χ1v) is 5.73. The summed E-state index contributed by atoms with van der Waals surface area (Å²) in [5, 5.41) is 2.72. The van der Waals surface area contributed by atoms with Crippen LogP contribution in [0.1, 0.15) is 12.6 Å². The third-order valence-electron chi connectivity index (χ3n) is 3.34. The summed E-state index contributed by atoms with van der Waals surface area (Å²) in [5.74, 6) is -0.0383. The molecule has 1 aromatic heterocycles. The van der Waals surface area contributed by atoms with Gasteiger partial charge in [0, 0.05) is 20.1 Å². The molecule has 2 N–H and O–H groups in total.